The highest BCUT2D eigenvalue weighted by Gasteiger charge is 2.22. The highest BCUT2D eigenvalue weighted by atomic mass is 16.1. The van der Waals surface area contributed by atoms with E-state index in [0.29, 0.717) is 22.9 Å². The summed E-state index contributed by atoms with van der Waals surface area (Å²) in [5.41, 5.74) is 6.13. The van der Waals surface area contributed by atoms with Gasteiger partial charge >= 0.3 is 0 Å². The lowest BCUT2D eigenvalue weighted by Gasteiger charge is -2.24. The highest BCUT2D eigenvalue weighted by Crippen LogP contribution is 2.16. The van der Waals surface area contributed by atoms with E-state index >= 15 is 0 Å². The minimum Gasteiger partial charge on any atom is -0.369 e. The molecule has 0 spiro atoms. The molecule has 92 valence electrons. The second-order valence-electron chi connectivity index (χ2n) is 5.17. The van der Waals surface area contributed by atoms with E-state index in [4.69, 9.17) is 5.73 Å². The average molecular weight is 235 g/mol. The molecule has 2 N–H and O–H groups in total. The van der Waals surface area contributed by atoms with Crippen LogP contribution in [0.1, 0.15) is 26.6 Å². The van der Waals surface area contributed by atoms with Crippen LogP contribution in [0.3, 0.4) is 0 Å². The van der Waals surface area contributed by atoms with Crippen molar-refractivity contribution in [2.75, 3.05) is 5.73 Å². The number of anilines is 1. The second kappa shape index (κ2) is 3.32. The molecule has 0 saturated carbocycles. The Kier molecular flexibility index (Phi) is 2.27. The molecule has 2 heterocycles. The number of hydrogen-bond acceptors (Lipinski definition) is 4. The van der Waals surface area contributed by atoms with Gasteiger partial charge in [0.25, 0.3) is 5.56 Å². The van der Waals surface area contributed by atoms with Gasteiger partial charge in [-0.1, -0.05) is 0 Å². The zero-order valence-electron chi connectivity index (χ0n) is 10.8. The molecule has 2 aromatic rings. The third kappa shape index (κ3) is 1.60. The maximum atomic E-state index is 12.4. The number of nitrogen functional groups attached to an aromatic ring is 1. The lowest BCUT2D eigenvalue weighted by atomic mass is 10.1. The van der Waals surface area contributed by atoms with Crippen LogP contribution in [0.5, 0.6) is 0 Å². The monoisotopic (exact) mass is 235 g/mol. The van der Waals surface area contributed by atoms with Crippen molar-refractivity contribution >= 4 is 17.1 Å². The number of nitrogens with zero attached hydrogens (tertiary/aromatic N) is 4. The van der Waals surface area contributed by atoms with E-state index in [9.17, 15) is 4.79 Å². The number of aromatic nitrogens is 4. The minimum atomic E-state index is -0.318. The van der Waals surface area contributed by atoms with Gasteiger partial charge in [0, 0.05) is 12.6 Å². The van der Waals surface area contributed by atoms with Crippen molar-refractivity contribution < 1.29 is 0 Å². The van der Waals surface area contributed by atoms with Crippen molar-refractivity contribution in [2.24, 2.45) is 7.05 Å². The summed E-state index contributed by atoms with van der Waals surface area (Å²) in [7, 11) is 1.72. The Morgan fingerprint density at radius 2 is 1.82 bits per heavy atom. The summed E-state index contributed by atoms with van der Waals surface area (Å²) in [4.78, 5) is 20.8. The van der Waals surface area contributed by atoms with Gasteiger partial charge in [0.2, 0.25) is 5.95 Å². The summed E-state index contributed by atoms with van der Waals surface area (Å²) in [5.74, 6) is 0.948. The molecule has 0 atom stereocenters. The van der Waals surface area contributed by atoms with Gasteiger partial charge in [0.1, 0.15) is 5.82 Å². The van der Waals surface area contributed by atoms with Crippen molar-refractivity contribution in [1.82, 2.24) is 19.1 Å². The quantitative estimate of drug-likeness (QED) is 0.731. The number of imidazole rings is 1. The van der Waals surface area contributed by atoms with Gasteiger partial charge in [-0.25, -0.2) is 4.98 Å². The molecule has 0 saturated heterocycles. The van der Waals surface area contributed by atoms with Crippen LogP contribution in [0.4, 0.5) is 5.95 Å². The molecule has 17 heavy (non-hydrogen) atoms. The molecule has 0 amide bonds. The van der Waals surface area contributed by atoms with Crippen molar-refractivity contribution in [3.63, 3.8) is 0 Å². The Hall–Kier alpha value is -1.85. The lowest BCUT2D eigenvalue weighted by molar-refractivity contribution is 0.372. The minimum absolute atomic E-state index is 0.105. The summed E-state index contributed by atoms with van der Waals surface area (Å²) in [6, 6.07) is 0. The first-order chi connectivity index (χ1) is 7.73. The van der Waals surface area contributed by atoms with E-state index in [1.165, 1.54) is 0 Å². The lowest BCUT2D eigenvalue weighted by Crippen LogP contribution is -2.36. The molecule has 0 bridgehead atoms. The van der Waals surface area contributed by atoms with Gasteiger partial charge in [-0.05, 0) is 27.7 Å². The Balaban J connectivity index is 2.99. The van der Waals surface area contributed by atoms with E-state index in [1.54, 1.807) is 23.1 Å². The van der Waals surface area contributed by atoms with E-state index in [0.717, 1.165) is 0 Å². The molecule has 0 unspecified atom stereocenters. The van der Waals surface area contributed by atoms with Crippen molar-refractivity contribution in [2.45, 2.75) is 33.2 Å². The maximum Gasteiger partial charge on any atom is 0.280 e. The van der Waals surface area contributed by atoms with Gasteiger partial charge < -0.3 is 10.3 Å². The van der Waals surface area contributed by atoms with Crippen LogP contribution in [-0.4, -0.2) is 19.1 Å². The fourth-order valence-electron chi connectivity index (χ4n) is 2.06. The van der Waals surface area contributed by atoms with Crippen LogP contribution < -0.4 is 11.3 Å². The third-order valence-electron chi connectivity index (χ3n) is 2.78. The fraction of sp³-hybridized carbons (Fsp3) is 0.545. The summed E-state index contributed by atoms with van der Waals surface area (Å²) in [6.07, 6.45) is 0. The molecule has 0 aliphatic carbocycles. The summed E-state index contributed by atoms with van der Waals surface area (Å²) >= 11 is 0. The standard InChI is InChI=1S/C11H17N5O/c1-6-13-8-7(15(5)10(12)14-8)9(17)16(6)11(2,3)4/h1-5H3,(H2,12,14). The Morgan fingerprint density at radius 1 is 1.24 bits per heavy atom. The molecule has 0 fully saturated rings. The number of rotatable bonds is 0. The van der Waals surface area contributed by atoms with Gasteiger partial charge in [-0.3, -0.25) is 9.36 Å². The maximum absolute atomic E-state index is 12.4. The van der Waals surface area contributed by atoms with E-state index in [-0.39, 0.29) is 11.1 Å². The highest BCUT2D eigenvalue weighted by molar-refractivity contribution is 5.73. The van der Waals surface area contributed by atoms with E-state index in [2.05, 4.69) is 9.97 Å². The first-order valence-electron chi connectivity index (χ1n) is 5.45. The van der Waals surface area contributed by atoms with Crippen LogP contribution in [0.15, 0.2) is 4.79 Å². The van der Waals surface area contributed by atoms with Gasteiger partial charge in [-0.2, -0.15) is 4.98 Å². The number of fused-ring (bicyclic) bond motifs is 1. The normalized spacial score (nSPS) is 12.3. The molecule has 0 aliphatic heterocycles. The predicted molar refractivity (Wildman–Crippen MR) is 66.9 cm³/mol. The molecule has 2 aromatic heterocycles. The average Bonchev–Trinajstić information content (AvgIpc) is 2.39. The van der Waals surface area contributed by atoms with Gasteiger partial charge in [0.05, 0.1) is 0 Å². The number of nitrogens with two attached hydrogens (primary N) is 1. The summed E-state index contributed by atoms with van der Waals surface area (Å²) in [6.45, 7) is 7.70. The topological polar surface area (TPSA) is 78.7 Å². The van der Waals surface area contributed by atoms with Gasteiger partial charge in [-0.15, -0.1) is 0 Å². The molecule has 0 aliphatic rings. The molecular weight excluding hydrogens is 218 g/mol. The number of aryl methyl sites for hydroxylation is 2. The van der Waals surface area contributed by atoms with Crippen molar-refractivity contribution in [3.05, 3.63) is 16.2 Å². The second-order valence-corrected chi connectivity index (χ2v) is 5.17. The van der Waals surface area contributed by atoms with Gasteiger partial charge in [0.15, 0.2) is 11.2 Å². The van der Waals surface area contributed by atoms with E-state index < -0.39 is 0 Å². The molecule has 6 heteroatoms. The van der Waals surface area contributed by atoms with Crippen molar-refractivity contribution in [1.29, 1.82) is 0 Å². The van der Waals surface area contributed by atoms with Crippen LogP contribution in [-0.2, 0) is 12.6 Å². The zero-order valence-corrected chi connectivity index (χ0v) is 10.8. The predicted octanol–water partition coefficient (Wildman–Crippen LogP) is 0.776. The van der Waals surface area contributed by atoms with Crippen molar-refractivity contribution in [3.8, 4) is 0 Å². The molecule has 0 radical (unpaired) electrons. The van der Waals surface area contributed by atoms with Crippen LogP contribution >= 0.6 is 0 Å². The van der Waals surface area contributed by atoms with Crippen LogP contribution in [0.25, 0.3) is 11.2 Å². The zero-order chi connectivity index (χ0) is 13.0. The fourth-order valence-corrected chi connectivity index (χ4v) is 2.06. The SMILES string of the molecule is Cc1nc2nc(N)n(C)c2c(=O)n1C(C)(C)C. The largest absolute Gasteiger partial charge is 0.369 e. The summed E-state index contributed by atoms with van der Waals surface area (Å²) < 4.78 is 3.24. The molecule has 2 rings (SSSR count). The third-order valence-corrected chi connectivity index (χ3v) is 2.78. The molecule has 6 nitrogen and oxygen atoms in total. The first kappa shape index (κ1) is 11.6. The Labute approximate surface area is 99.1 Å². The van der Waals surface area contributed by atoms with Crippen LogP contribution in [0, 0.1) is 6.92 Å². The molecule has 0 aromatic carbocycles. The smallest absolute Gasteiger partial charge is 0.280 e. The Bertz CT molecular complexity index is 644. The first-order valence-corrected chi connectivity index (χ1v) is 5.45. The Morgan fingerprint density at radius 3 is 2.35 bits per heavy atom. The number of hydrogen-bond donors (Lipinski definition) is 1. The van der Waals surface area contributed by atoms with Crippen LogP contribution in [0.2, 0.25) is 0 Å². The molecular formula is C11H17N5O. The van der Waals surface area contributed by atoms with E-state index in [1.807, 2.05) is 20.8 Å². The summed E-state index contributed by atoms with van der Waals surface area (Å²) in [5, 5.41) is 0.